The molecule has 1 unspecified atom stereocenters. The third-order valence-corrected chi connectivity index (χ3v) is 7.64. The average molecular weight is 472 g/mol. The third-order valence-electron chi connectivity index (χ3n) is 5.99. The number of aryl methyl sites for hydroxylation is 1. The SMILES string of the molecule is CC(=O)N1c2ccc(S(=O)(=O)NCc3cc(C)n(-c4ccc(Cl)cc4)c3C)cc2CC1C. The van der Waals surface area contributed by atoms with Crippen molar-refractivity contribution in [3.05, 3.63) is 76.1 Å². The minimum Gasteiger partial charge on any atom is -0.318 e. The lowest BCUT2D eigenvalue weighted by molar-refractivity contribution is -0.116. The van der Waals surface area contributed by atoms with E-state index in [0.29, 0.717) is 11.4 Å². The van der Waals surface area contributed by atoms with Crippen molar-refractivity contribution in [1.82, 2.24) is 9.29 Å². The Morgan fingerprint density at radius 1 is 1.12 bits per heavy atom. The van der Waals surface area contributed by atoms with Gasteiger partial charge in [0.25, 0.3) is 0 Å². The number of sulfonamides is 1. The molecule has 1 aromatic heterocycles. The first kappa shape index (κ1) is 22.6. The van der Waals surface area contributed by atoms with Gasteiger partial charge in [-0.2, -0.15) is 0 Å². The van der Waals surface area contributed by atoms with Crippen LogP contribution in [0.5, 0.6) is 0 Å². The van der Waals surface area contributed by atoms with E-state index in [1.807, 2.05) is 51.1 Å². The van der Waals surface area contributed by atoms with Crippen LogP contribution in [0.1, 0.15) is 36.4 Å². The summed E-state index contributed by atoms with van der Waals surface area (Å²) < 4.78 is 30.8. The van der Waals surface area contributed by atoms with Gasteiger partial charge in [0, 0.05) is 47.3 Å². The van der Waals surface area contributed by atoms with Crippen LogP contribution in [0, 0.1) is 13.8 Å². The molecule has 2 aromatic carbocycles. The highest BCUT2D eigenvalue weighted by Crippen LogP contribution is 2.34. The monoisotopic (exact) mass is 471 g/mol. The van der Waals surface area contributed by atoms with Gasteiger partial charge in [-0.05, 0) is 86.8 Å². The van der Waals surface area contributed by atoms with Crippen LogP contribution in [-0.4, -0.2) is 24.9 Å². The van der Waals surface area contributed by atoms with Crippen LogP contribution < -0.4 is 9.62 Å². The highest BCUT2D eigenvalue weighted by molar-refractivity contribution is 7.89. The number of benzene rings is 2. The molecule has 168 valence electrons. The summed E-state index contributed by atoms with van der Waals surface area (Å²) in [6.45, 7) is 7.63. The standard InChI is InChI=1S/C24H26ClN3O3S/c1-15-12-20(17(3)27(15)22-7-5-21(25)6-8-22)14-26-32(30,31)23-9-10-24-19(13-23)11-16(2)28(24)18(4)29/h5-10,12-13,16,26H,11,14H2,1-4H3. The van der Waals surface area contributed by atoms with Gasteiger partial charge in [0.1, 0.15) is 0 Å². The Morgan fingerprint density at radius 3 is 2.47 bits per heavy atom. The number of aromatic nitrogens is 1. The summed E-state index contributed by atoms with van der Waals surface area (Å²) in [4.78, 5) is 13.8. The van der Waals surface area contributed by atoms with E-state index in [0.717, 1.165) is 33.9 Å². The number of halogens is 1. The predicted molar refractivity (Wildman–Crippen MR) is 127 cm³/mol. The Labute approximate surface area is 193 Å². The maximum Gasteiger partial charge on any atom is 0.240 e. The van der Waals surface area contributed by atoms with E-state index in [2.05, 4.69) is 9.29 Å². The van der Waals surface area contributed by atoms with Gasteiger partial charge in [0.05, 0.1) is 4.90 Å². The summed E-state index contributed by atoms with van der Waals surface area (Å²) in [6.07, 6.45) is 0.639. The van der Waals surface area contributed by atoms with Crippen molar-refractivity contribution in [2.45, 2.75) is 51.6 Å². The number of nitrogens with one attached hydrogen (secondary N) is 1. The molecule has 2 heterocycles. The lowest BCUT2D eigenvalue weighted by Gasteiger charge is -2.20. The van der Waals surface area contributed by atoms with Crippen LogP contribution in [-0.2, 0) is 27.8 Å². The number of rotatable bonds is 5. The minimum absolute atomic E-state index is 0.0201. The van der Waals surface area contributed by atoms with Crippen LogP contribution in [0.2, 0.25) is 5.02 Å². The molecule has 0 saturated heterocycles. The first-order chi connectivity index (χ1) is 15.1. The van der Waals surface area contributed by atoms with E-state index < -0.39 is 10.0 Å². The molecule has 0 saturated carbocycles. The number of carbonyl (C=O) groups is 1. The van der Waals surface area contributed by atoms with Gasteiger partial charge in [0.15, 0.2) is 0 Å². The van der Waals surface area contributed by atoms with Crippen molar-refractivity contribution < 1.29 is 13.2 Å². The van der Waals surface area contributed by atoms with Crippen molar-refractivity contribution in [3.8, 4) is 5.69 Å². The number of anilines is 1. The second kappa shape index (κ2) is 8.39. The lowest BCUT2D eigenvalue weighted by atomic mass is 10.1. The number of nitrogens with zero attached hydrogens (tertiary/aromatic N) is 2. The normalized spacial score (nSPS) is 15.8. The van der Waals surface area contributed by atoms with Crippen molar-refractivity contribution in [2.24, 2.45) is 0 Å². The Bertz CT molecular complexity index is 1300. The van der Waals surface area contributed by atoms with Gasteiger partial charge in [-0.3, -0.25) is 4.79 Å². The van der Waals surface area contributed by atoms with Gasteiger partial charge in [-0.1, -0.05) is 11.6 Å². The summed E-state index contributed by atoms with van der Waals surface area (Å²) >= 11 is 6.00. The molecule has 0 fully saturated rings. The zero-order valence-electron chi connectivity index (χ0n) is 18.5. The third kappa shape index (κ3) is 4.08. The lowest BCUT2D eigenvalue weighted by Crippen LogP contribution is -2.33. The van der Waals surface area contributed by atoms with Gasteiger partial charge < -0.3 is 9.47 Å². The fourth-order valence-electron chi connectivity index (χ4n) is 4.51. The summed E-state index contributed by atoms with van der Waals surface area (Å²) in [7, 11) is -3.71. The molecule has 6 nitrogen and oxygen atoms in total. The molecule has 1 N–H and O–H groups in total. The molecule has 1 aliphatic rings. The zero-order valence-corrected chi connectivity index (χ0v) is 20.1. The van der Waals surface area contributed by atoms with E-state index in [9.17, 15) is 13.2 Å². The largest absolute Gasteiger partial charge is 0.318 e. The first-order valence-corrected chi connectivity index (χ1v) is 12.3. The molecular weight excluding hydrogens is 446 g/mol. The van der Waals surface area contributed by atoms with Crippen molar-refractivity contribution in [2.75, 3.05) is 4.90 Å². The molecule has 3 aromatic rings. The highest BCUT2D eigenvalue weighted by Gasteiger charge is 2.30. The fourth-order valence-corrected chi connectivity index (χ4v) is 5.69. The number of hydrogen-bond acceptors (Lipinski definition) is 3. The van der Waals surface area contributed by atoms with E-state index >= 15 is 0 Å². The van der Waals surface area contributed by atoms with Crippen LogP contribution in [0.3, 0.4) is 0 Å². The van der Waals surface area contributed by atoms with Crippen LogP contribution in [0.15, 0.2) is 53.4 Å². The van der Waals surface area contributed by atoms with Crippen molar-refractivity contribution in [3.63, 3.8) is 0 Å². The van der Waals surface area contributed by atoms with E-state index in [-0.39, 0.29) is 23.4 Å². The quantitative estimate of drug-likeness (QED) is 0.594. The fraction of sp³-hybridized carbons (Fsp3) is 0.292. The Morgan fingerprint density at radius 2 is 1.81 bits per heavy atom. The first-order valence-electron chi connectivity index (χ1n) is 10.4. The van der Waals surface area contributed by atoms with E-state index in [1.165, 1.54) is 6.92 Å². The van der Waals surface area contributed by atoms with Crippen molar-refractivity contribution in [1.29, 1.82) is 0 Å². The average Bonchev–Trinajstić information content (AvgIpc) is 3.21. The van der Waals surface area contributed by atoms with Crippen LogP contribution >= 0.6 is 11.6 Å². The molecule has 4 rings (SSSR count). The summed E-state index contributed by atoms with van der Waals surface area (Å²) in [5.41, 5.74) is 5.51. The predicted octanol–water partition coefficient (Wildman–Crippen LogP) is 4.52. The van der Waals surface area contributed by atoms with Gasteiger partial charge in [0.2, 0.25) is 15.9 Å². The molecule has 1 aliphatic heterocycles. The van der Waals surface area contributed by atoms with Gasteiger partial charge >= 0.3 is 0 Å². The number of hydrogen-bond donors (Lipinski definition) is 1. The topological polar surface area (TPSA) is 71.4 Å². The van der Waals surface area contributed by atoms with Crippen molar-refractivity contribution >= 4 is 33.2 Å². The summed E-state index contributed by atoms with van der Waals surface area (Å²) in [6, 6.07) is 14.5. The van der Waals surface area contributed by atoms with Crippen LogP contribution in [0.4, 0.5) is 5.69 Å². The molecule has 1 atom stereocenters. The maximum atomic E-state index is 13.0. The molecule has 32 heavy (non-hydrogen) atoms. The molecule has 0 radical (unpaired) electrons. The Kier molecular flexibility index (Phi) is 5.92. The minimum atomic E-state index is -3.71. The second-order valence-electron chi connectivity index (χ2n) is 8.27. The number of fused-ring (bicyclic) bond motifs is 1. The summed E-state index contributed by atoms with van der Waals surface area (Å²) in [5, 5.41) is 0.666. The molecule has 1 amide bonds. The molecule has 0 spiro atoms. The van der Waals surface area contributed by atoms with Gasteiger partial charge in [-0.15, -0.1) is 0 Å². The second-order valence-corrected chi connectivity index (χ2v) is 10.5. The smallest absolute Gasteiger partial charge is 0.240 e. The maximum absolute atomic E-state index is 13.0. The molecular formula is C24H26ClN3O3S. The number of carbonyl (C=O) groups excluding carboxylic acids is 1. The Balaban J connectivity index is 1.56. The highest BCUT2D eigenvalue weighted by atomic mass is 35.5. The summed E-state index contributed by atoms with van der Waals surface area (Å²) in [5.74, 6) is -0.0407. The zero-order chi connectivity index (χ0) is 23.2. The molecule has 0 aliphatic carbocycles. The van der Waals surface area contributed by atoms with E-state index in [1.54, 1.807) is 23.1 Å². The van der Waals surface area contributed by atoms with E-state index in [4.69, 9.17) is 11.6 Å². The van der Waals surface area contributed by atoms with Gasteiger partial charge in [-0.25, -0.2) is 13.1 Å². The molecule has 0 bridgehead atoms. The van der Waals surface area contributed by atoms with Crippen LogP contribution in [0.25, 0.3) is 5.69 Å². The molecule has 8 heteroatoms. The Hall–Kier alpha value is -2.61. The number of amides is 1.